The van der Waals surface area contributed by atoms with Crippen molar-refractivity contribution in [2.24, 2.45) is 5.92 Å². The van der Waals surface area contributed by atoms with Gasteiger partial charge in [-0.15, -0.1) is 0 Å². The average Bonchev–Trinajstić information content (AvgIpc) is 3.03. The zero-order valence-corrected chi connectivity index (χ0v) is 13.8. The molecular weight excluding hydrogens is 313 g/mol. The van der Waals surface area contributed by atoms with E-state index in [0.717, 1.165) is 0 Å². The van der Waals surface area contributed by atoms with Crippen LogP contribution in [0.25, 0.3) is 11.3 Å². The minimum absolute atomic E-state index is 0.0759. The molecule has 1 heterocycles. The van der Waals surface area contributed by atoms with E-state index in [1.807, 2.05) is 13.8 Å². The van der Waals surface area contributed by atoms with Crippen LogP contribution in [0.2, 0.25) is 0 Å². The second kappa shape index (κ2) is 7.77. The highest BCUT2D eigenvalue weighted by Crippen LogP contribution is 2.22. The first-order valence-electron chi connectivity index (χ1n) is 7.65. The summed E-state index contributed by atoms with van der Waals surface area (Å²) in [6.07, 6.45) is 0.462. The van der Waals surface area contributed by atoms with E-state index >= 15 is 0 Å². The minimum atomic E-state index is -0.734. The number of amides is 1. The van der Waals surface area contributed by atoms with Crippen molar-refractivity contribution < 1.29 is 23.1 Å². The smallest absolute Gasteiger partial charge is 0.328 e. The Morgan fingerprint density at radius 1 is 1.17 bits per heavy atom. The van der Waals surface area contributed by atoms with E-state index in [0.29, 0.717) is 17.7 Å². The lowest BCUT2D eigenvalue weighted by atomic mass is 10.0. The van der Waals surface area contributed by atoms with Crippen LogP contribution in [0.15, 0.2) is 40.8 Å². The first-order chi connectivity index (χ1) is 11.4. The number of benzene rings is 1. The van der Waals surface area contributed by atoms with E-state index < -0.39 is 17.9 Å². The fourth-order valence-corrected chi connectivity index (χ4v) is 2.29. The van der Waals surface area contributed by atoms with Gasteiger partial charge in [0, 0.05) is 5.56 Å². The highest BCUT2D eigenvalue weighted by atomic mass is 19.1. The van der Waals surface area contributed by atoms with Gasteiger partial charge < -0.3 is 14.5 Å². The van der Waals surface area contributed by atoms with Gasteiger partial charge in [0.25, 0.3) is 5.91 Å². The maximum absolute atomic E-state index is 13.0. The van der Waals surface area contributed by atoms with Crippen molar-refractivity contribution in [1.29, 1.82) is 0 Å². The second-order valence-corrected chi connectivity index (χ2v) is 5.85. The molecule has 1 aromatic carbocycles. The molecule has 0 fully saturated rings. The largest absolute Gasteiger partial charge is 0.467 e. The molecule has 0 aliphatic carbocycles. The first-order valence-corrected chi connectivity index (χ1v) is 7.65. The standard InChI is InChI=1S/C18H20FNO4/c1-11(2)10-14(18(22)23-3)20-17(21)16-9-8-15(24-16)12-4-6-13(19)7-5-12/h4-9,11,14H,10H2,1-3H3,(H,20,21). The summed E-state index contributed by atoms with van der Waals surface area (Å²) in [6, 6.07) is 8.15. The third-order valence-corrected chi connectivity index (χ3v) is 3.46. The maximum atomic E-state index is 13.0. The molecular formula is C18H20FNO4. The average molecular weight is 333 g/mol. The fourth-order valence-electron chi connectivity index (χ4n) is 2.29. The third kappa shape index (κ3) is 4.44. The summed E-state index contributed by atoms with van der Waals surface area (Å²) in [5.41, 5.74) is 0.655. The molecule has 0 radical (unpaired) electrons. The van der Waals surface area contributed by atoms with Crippen molar-refractivity contribution in [2.75, 3.05) is 7.11 Å². The van der Waals surface area contributed by atoms with Crippen molar-refractivity contribution in [1.82, 2.24) is 5.32 Å². The van der Waals surface area contributed by atoms with Crippen LogP contribution in [0.5, 0.6) is 0 Å². The molecule has 0 aliphatic rings. The minimum Gasteiger partial charge on any atom is -0.467 e. The molecule has 1 unspecified atom stereocenters. The molecule has 0 saturated heterocycles. The molecule has 128 valence electrons. The summed E-state index contributed by atoms with van der Waals surface area (Å²) in [4.78, 5) is 24.1. The Kier molecular flexibility index (Phi) is 5.73. The highest BCUT2D eigenvalue weighted by Gasteiger charge is 2.24. The lowest BCUT2D eigenvalue weighted by Gasteiger charge is -2.17. The summed E-state index contributed by atoms with van der Waals surface area (Å²) in [7, 11) is 1.28. The van der Waals surface area contributed by atoms with E-state index in [-0.39, 0.29) is 17.5 Å². The normalized spacial score (nSPS) is 12.0. The van der Waals surface area contributed by atoms with Crippen LogP contribution < -0.4 is 5.32 Å². The third-order valence-electron chi connectivity index (χ3n) is 3.46. The number of esters is 1. The maximum Gasteiger partial charge on any atom is 0.328 e. The molecule has 6 heteroatoms. The fraction of sp³-hybridized carbons (Fsp3) is 0.333. The molecule has 24 heavy (non-hydrogen) atoms. The van der Waals surface area contributed by atoms with Gasteiger partial charge in [-0.2, -0.15) is 0 Å². The van der Waals surface area contributed by atoms with Crippen molar-refractivity contribution in [2.45, 2.75) is 26.3 Å². The number of rotatable bonds is 6. The van der Waals surface area contributed by atoms with Crippen LogP contribution >= 0.6 is 0 Å². The van der Waals surface area contributed by atoms with Gasteiger partial charge in [0.1, 0.15) is 17.6 Å². The number of methoxy groups -OCH3 is 1. The Hall–Kier alpha value is -2.63. The summed E-state index contributed by atoms with van der Waals surface area (Å²) in [5, 5.41) is 2.62. The Morgan fingerprint density at radius 3 is 2.42 bits per heavy atom. The number of halogens is 1. The molecule has 0 aliphatic heterocycles. The van der Waals surface area contributed by atoms with Gasteiger partial charge in [0.2, 0.25) is 0 Å². The van der Waals surface area contributed by atoms with E-state index in [4.69, 9.17) is 9.15 Å². The van der Waals surface area contributed by atoms with E-state index in [1.54, 1.807) is 18.2 Å². The zero-order valence-electron chi connectivity index (χ0n) is 13.8. The first kappa shape index (κ1) is 17.7. The van der Waals surface area contributed by atoms with Gasteiger partial charge in [-0.1, -0.05) is 13.8 Å². The topological polar surface area (TPSA) is 68.5 Å². The second-order valence-electron chi connectivity index (χ2n) is 5.85. The molecule has 1 amide bonds. The van der Waals surface area contributed by atoms with Crippen molar-refractivity contribution >= 4 is 11.9 Å². The van der Waals surface area contributed by atoms with Gasteiger partial charge in [0.15, 0.2) is 5.76 Å². The van der Waals surface area contributed by atoms with Crippen LogP contribution in [-0.2, 0) is 9.53 Å². The molecule has 1 atom stereocenters. The van der Waals surface area contributed by atoms with Gasteiger partial charge in [-0.3, -0.25) is 4.79 Å². The van der Waals surface area contributed by atoms with Crippen LogP contribution in [0, 0.1) is 11.7 Å². The molecule has 0 bridgehead atoms. The molecule has 1 N–H and O–H groups in total. The molecule has 5 nitrogen and oxygen atoms in total. The predicted molar refractivity (Wildman–Crippen MR) is 86.8 cm³/mol. The molecule has 2 aromatic rings. The Labute approximate surface area is 139 Å². The van der Waals surface area contributed by atoms with Crippen molar-refractivity contribution in [3.8, 4) is 11.3 Å². The van der Waals surface area contributed by atoms with Gasteiger partial charge in [-0.25, -0.2) is 9.18 Å². The summed E-state index contributed by atoms with van der Waals surface area (Å²) < 4.78 is 23.2. The van der Waals surface area contributed by atoms with E-state index in [9.17, 15) is 14.0 Å². The number of ether oxygens (including phenoxy) is 1. The van der Waals surface area contributed by atoms with E-state index in [1.165, 1.54) is 25.3 Å². The number of furan rings is 1. The number of hydrogen-bond donors (Lipinski definition) is 1. The molecule has 0 spiro atoms. The Bertz CT molecular complexity index is 706. The van der Waals surface area contributed by atoms with Gasteiger partial charge in [0.05, 0.1) is 7.11 Å². The van der Waals surface area contributed by atoms with Crippen LogP contribution in [0.1, 0.15) is 30.8 Å². The quantitative estimate of drug-likeness (QED) is 0.823. The number of nitrogens with one attached hydrogen (secondary N) is 1. The van der Waals surface area contributed by atoms with Crippen LogP contribution in [-0.4, -0.2) is 25.0 Å². The van der Waals surface area contributed by atoms with Crippen LogP contribution in [0.3, 0.4) is 0 Å². The van der Waals surface area contributed by atoms with E-state index in [2.05, 4.69) is 5.32 Å². The molecule has 0 saturated carbocycles. The highest BCUT2D eigenvalue weighted by molar-refractivity contribution is 5.95. The lowest BCUT2D eigenvalue weighted by molar-refractivity contribution is -0.143. The SMILES string of the molecule is COC(=O)C(CC(C)C)NC(=O)c1ccc(-c2ccc(F)cc2)o1. The summed E-state index contributed by atoms with van der Waals surface area (Å²) in [6.45, 7) is 3.89. The predicted octanol–water partition coefficient (Wildman–Crippen LogP) is 3.40. The summed E-state index contributed by atoms with van der Waals surface area (Å²) in [5.74, 6) is -0.619. The van der Waals surface area contributed by atoms with Crippen molar-refractivity contribution in [3.05, 3.63) is 48.0 Å². The summed E-state index contributed by atoms with van der Waals surface area (Å²) >= 11 is 0. The Balaban J connectivity index is 2.12. The van der Waals surface area contributed by atoms with Crippen LogP contribution in [0.4, 0.5) is 4.39 Å². The lowest BCUT2D eigenvalue weighted by Crippen LogP contribution is -2.42. The number of hydrogen-bond acceptors (Lipinski definition) is 4. The zero-order chi connectivity index (χ0) is 17.7. The number of carbonyl (C=O) groups excluding carboxylic acids is 2. The Morgan fingerprint density at radius 2 is 1.83 bits per heavy atom. The molecule has 1 aromatic heterocycles. The monoisotopic (exact) mass is 333 g/mol. The van der Waals surface area contributed by atoms with Crippen molar-refractivity contribution in [3.63, 3.8) is 0 Å². The van der Waals surface area contributed by atoms with Gasteiger partial charge >= 0.3 is 5.97 Å². The molecule has 2 rings (SSSR count). The number of carbonyl (C=O) groups is 2. The van der Waals surface area contributed by atoms with Gasteiger partial charge in [-0.05, 0) is 48.7 Å².